The normalized spacial score (nSPS) is 18.9. The number of H-pyrrole nitrogens is 1. The highest BCUT2D eigenvalue weighted by Crippen LogP contribution is 2.51. The molecule has 4 rings (SSSR count). The molecular formula is C19H24N6O3. The Labute approximate surface area is 162 Å². The number of phenols is 1. The highest BCUT2D eigenvalue weighted by molar-refractivity contribution is 6.12. The number of benzene rings is 1. The number of hydrogen-bond acceptors (Lipinski definition) is 6. The molecule has 1 atom stereocenters. The standard InChI is InChI=1S/C19H24N6O3/c1-19(2)12-8-11(10-6-7-10)9-14(26)16(12)25(18(19)28)13(17(20)27)4-3-5-15-21-23-24-22-15/h8-10,13,26H,3-7H2,1-2H3,(H2,20,27)(H,21,22,23,24). The van der Waals surface area contributed by atoms with Gasteiger partial charge in [0.05, 0.1) is 11.1 Å². The van der Waals surface area contributed by atoms with Gasteiger partial charge in [0.25, 0.3) is 0 Å². The fraction of sp³-hybridized carbons (Fsp3) is 0.526. The van der Waals surface area contributed by atoms with E-state index < -0.39 is 17.4 Å². The van der Waals surface area contributed by atoms with Crippen molar-refractivity contribution >= 4 is 17.5 Å². The predicted octanol–water partition coefficient (Wildman–Crippen LogP) is 1.28. The van der Waals surface area contributed by atoms with E-state index >= 15 is 0 Å². The molecule has 4 N–H and O–H groups in total. The number of primary amides is 1. The number of nitrogens with zero attached hydrogens (tertiary/aromatic N) is 4. The molecule has 9 heteroatoms. The zero-order chi connectivity index (χ0) is 20.1. The van der Waals surface area contributed by atoms with Gasteiger partial charge in [-0.15, -0.1) is 5.10 Å². The van der Waals surface area contributed by atoms with Crippen molar-refractivity contribution in [2.24, 2.45) is 5.73 Å². The summed E-state index contributed by atoms with van der Waals surface area (Å²) in [5.41, 5.74) is 7.04. The third-order valence-corrected chi connectivity index (χ3v) is 5.75. The average Bonchev–Trinajstić information content (AvgIpc) is 3.32. The van der Waals surface area contributed by atoms with Gasteiger partial charge >= 0.3 is 0 Å². The fourth-order valence-electron chi connectivity index (χ4n) is 3.98. The zero-order valence-corrected chi connectivity index (χ0v) is 16.0. The van der Waals surface area contributed by atoms with E-state index in [0.29, 0.717) is 36.7 Å². The van der Waals surface area contributed by atoms with Crippen molar-refractivity contribution in [3.8, 4) is 5.75 Å². The molecule has 2 heterocycles. The predicted molar refractivity (Wildman–Crippen MR) is 101 cm³/mol. The maximum absolute atomic E-state index is 13.2. The molecule has 0 spiro atoms. The molecule has 1 saturated carbocycles. The lowest BCUT2D eigenvalue weighted by molar-refractivity contribution is -0.126. The highest BCUT2D eigenvalue weighted by Gasteiger charge is 2.49. The lowest BCUT2D eigenvalue weighted by Gasteiger charge is -2.28. The Morgan fingerprint density at radius 3 is 2.79 bits per heavy atom. The van der Waals surface area contributed by atoms with E-state index in [9.17, 15) is 14.7 Å². The Hall–Kier alpha value is -2.97. The molecule has 1 aliphatic carbocycles. The molecule has 2 aliphatic rings. The maximum atomic E-state index is 13.2. The molecular weight excluding hydrogens is 360 g/mol. The van der Waals surface area contributed by atoms with Crippen LogP contribution >= 0.6 is 0 Å². The Morgan fingerprint density at radius 1 is 1.43 bits per heavy atom. The number of aromatic hydroxyl groups is 1. The van der Waals surface area contributed by atoms with Gasteiger partial charge in [0, 0.05) is 6.42 Å². The number of anilines is 1. The minimum absolute atomic E-state index is 0.0315. The first-order chi connectivity index (χ1) is 13.3. The van der Waals surface area contributed by atoms with Crippen LogP contribution in [0, 0.1) is 0 Å². The van der Waals surface area contributed by atoms with Gasteiger partial charge < -0.3 is 10.8 Å². The summed E-state index contributed by atoms with van der Waals surface area (Å²) in [6, 6.07) is 2.88. The number of aryl methyl sites for hydroxylation is 1. The number of aromatic nitrogens is 4. The number of carbonyl (C=O) groups is 2. The third-order valence-electron chi connectivity index (χ3n) is 5.75. The first-order valence-electron chi connectivity index (χ1n) is 9.53. The smallest absolute Gasteiger partial charge is 0.240 e. The van der Waals surface area contributed by atoms with Gasteiger partial charge in [-0.3, -0.25) is 14.5 Å². The first kappa shape index (κ1) is 18.4. The van der Waals surface area contributed by atoms with E-state index in [1.807, 2.05) is 19.9 Å². The summed E-state index contributed by atoms with van der Waals surface area (Å²) in [6.07, 6.45) is 3.63. The number of aromatic amines is 1. The largest absolute Gasteiger partial charge is 0.506 e. The maximum Gasteiger partial charge on any atom is 0.240 e. The van der Waals surface area contributed by atoms with Gasteiger partial charge in [0.2, 0.25) is 11.8 Å². The topological polar surface area (TPSA) is 138 Å². The molecule has 0 bridgehead atoms. The minimum atomic E-state index is -0.846. The monoisotopic (exact) mass is 384 g/mol. The summed E-state index contributed by atoms with van der Waals surface area (Å²) >= 11 is 0. The average molecular weight is 384 g/mol. The van der Waals surface area contributed by atoms with E-state index in [4.69, 9.17) is 5.73 Å². The summed E-state index contributed by atoms with van der Waals surface area (Å²) < 4.78 is 0. The summed E-state index contributed by atoms with van der Waals surface area (Å²) in [4.78, 5) is 26.9. The van der Waals surface area contributed by atoms with Crippen molar-refractivity contribution in [1.29, 1.82) is 0 Å². The van der Waals surface area contributed by atoms with E-state index in [-0.39, 0.29) is 11.7 Å². The minimum Gasteiger partial charge on any atom is -0.506 e. The second-order valence-electron chi connectivity index (χ2n) is 8.17. The van der Waals surface area contributed by atoms with Crippen molar-refractivity contribution in [2.75, 3.05) is 4.90 Å². The highest BCUT2D eigenvalue weighted by atomic mass is 16.3. The molecule has 0 radical (unpaired) electrons. The number of tetrazole rings is 1. The third kappa shape index (κ3) is 3.00. The summed E-state index contributed by atoms with van der Waals surface area (Å²) in [5, 5.41) is 24.3. The second kappa shape index (κ2) is 6.57. The molecule has 1 aromatic heterocycles. The van der Waals surface area contributed by atoms with Gasteiger partial charge in [-0.05, 0) is 73.1 Å². The van der Waals surface area contributed by atoms with Crippen LogP contribution in [0.3, 0.4) is 0 Å². The van der Waals surface area contributed by atoms with Crippen molar-refractivity contribution in [1.82, 2.24) is 20.6 Å². The summed E-state index contributed by atoms with van der Waals surface area (Å²) in [5.74, 6) is 0.255. The number of rotatable bonds is 7. The number of nitrogens with one attached hydrogen (secondary N) is 1. The lowest BCUT2D eigenvalue weighted by Crippen LogP contribution is -2.49. The Kier molecular flexibility index (Phi) is 4.32. The number of nitrogens with two attached hydrogens (primary N) is 1. The van der Waals surface area contributed by atoms with E-state index in [2.05, 4.69) is 20.6 Å². The van der Waals surface area contributed by atoms with Crippen LogP contribution in [0.25, 0.3) is 0 Å². The number of amides is 2. The van der Waals surface area contributed by atoms with Crippen LogP contribution in [-0.4, -0.2) is 43.6 Å². The number of fused-ring (bicyclic) bond motifs is 1. The molecule has 0 saturated heterocycles. The number of phenolic OH excluding ortho intramolecular Hbond substituents is 1. The van der Waals surface area contributed by atoms with Crippen LogP contribution in [0.15, 0.2) is 12.1 Å². The molecule has 148 valence electrons. The Morgan fingerprint density at radius 2 is 2.18 bits per heavy atom. The first-order valence-corrected chi connectivity index (χ1v) is 9.53. The summed E-state index contributed by atoms with van der Waals surface area (Å²) in [7, 11) is 0. The van der Waals surface area contributed by atoms with Gasteiger partial charge in [-0.1, -0.05) is 6.07 Å². The van der Waals surface area contributed by atoms with Crippen molar-refractivity contribution in [3.05, 3.63) is 29.1 Å². The molecule has 2 aromatic rings. The van der Waals surface area contributed by atoms with Gasteiger partial charge in [-0.2, -0.15) is 0 Å². The van der Waals surface area contributed by atoms with Crippen LogP contribution in [0.4, 0.5) is 5.69 Å². The van der Waals surface area contributed by atoms with Crippen molar-refractivity contribution < 1.29 is 14.7 Å². The molecule has 1 aliphatic heterocycles. The Bertz CT molecular complexity index is 920. The van der Waals surface area contributed by atoms with Gasteiger partial charge in [0.1, 0.15) is 17.6 Å². The molecule has 1 unspecified atom stereocenters. The van der Waals surface area contributed by atoms with Gasteiger partial charge in [-0.25, -0.2) is 5.10 Å². The number of hydrogen-bond donors (Lipinski definition) is 3. The van der Waals surface area contributed by atoms with E-state index in [1.54, 1.807) is 6.07 Å². The lowest BCUT2D eigenvalue weighted by atomic mass is 9.84. The Balaban J connectivity index is 1.66. The van der Waals surface area contributed by atoms with Crippen molar-refractivity contribution in [2.45, 2.75) is 63.3 Å². The van der Waals surface area contributed by atoms with Crippen LogP contribution in [0.2, 0.25) is 0 Å². The fourth-order valence-corrected chi connectivity index (χ4v) is 3.98. The van der Waals surface area contributed by atoms with Crippen LogP contribution in [0.1, 0.15) is 62.4 Å². The van der Waals surface area contributed by atoms with Crippen LogP contribution in [-0.2, 0) is 21.4 Å². The molecule has 28 heavy (non-hydrogen) atoms. The molecule has 1 aromatic carbocycles. The second-order valence-corrected chi connectivity index (χ2v) is 8.17. The number of carbonyl (C=O) groups excluding carboxylic acids is 2. The zero-order valence-electron chi connectivity index (χ0n) is 16.0. The van der Waals surface area contributed by atoms with Crippen LogP contribution < -0.4 is 10.6 Å². The molecule has 9 nitrogen and oxygen atoms in total. The molecule has 1 fully saturated rings. The summed E-state index contributed by atoms with van der Waals surface area (Å²) in [6.45, 7) is 3.64. The quantitative estimate of drug-likeness (QED) is 0.657. The van der Waals surface area contributed by atoms with E-state index in [1.165, 1.54) is 4.90 Å². The SMILES string of the molecule is CC1(C)C(=O)N(C(CCCc2nnn[nH]2)C(N)=O)c2c(O)cc(C3CC3)cc21. The van der Waals surface area contributed by atoms with E-state index in [0.717, 1.165) is 24.0 Å². The van der Waals surface area contributed by atoms with Crippen LogP contribution in [0.5, 0.6) is 5.75 Å². The molecule has 2 amide bonds. The van der Waals surface area contributed by atoms with Gasteiger partial charge in [0.15, 0.2) is 0 Å². The van der Waals surface area contributed by atoms with Crippen molar-refractivity contribution in [3.63, 3.8) is 0 Å².